The molecule has 2 heterocycles. The maximum atomic E-state index is 11.3. The average Bonchev–Trinajstić information content (AvgIpc) is 3.39. The van der Waals surface area contributed by atoms with Gasteiger partial charge < -0.3 is 19.9 Å². The highest BCUT2D eigenvalue weighted by Crippen LogP contribution is 2.39. The second kappa shape index (κ2) is 12.5. The number of ether oxygens (including phenoxy) is 2. The van der Waals surface area contributed by atoms with Crippen molar-refractivity contribution < 1.29 is 19.4 Å². The number of thioether (sulfide) groups is 1. The number of tetrazole rings is 1. The molecule has 1 amide bonds. The van der Waals surface area contributed by atoms with Gasteiger partial charge in [0.05, 0.1) is 18.8 Å². The van der Waals surface area contributed by atoms with Crippen molar-refractivity contribution in [2.24, 2.45) is 7.05 Å². The molecule has 0 saturated carbocycles. The summed E-state index contributed by atoms with van der Waals surface area (Å²) in [7, 11) is 1.82. The van der Waals surface area contributed by atoms with Gasteiger partial charge in [0.1, 0.15) is 0 Å². The van der Waals surface area contributed by atoms with Gasteiger partial charge in [0.15, 0.2) is 6.29 Å². The highest BCUT2D eigenvalue weighted by Gasteiger charge is 2.32. The van der Waals surface area contributed by atoms with Crippen molar-refractivity contribution in [2.45, 2.75) is 50.2 Å². The van der Waals surface area contributed by atoms with Crippen LogP contribution in [0, 0.1) is 0 Å². The minimum atomic E-state index is -0.537. The van der Waals surface area contributed by atoms with Crippen molar-refractivity contribution in [1.29, 1.82) is 0 Å². The number of aromatic nitrogens is 4. The number of aliphatic hydroxyl groups excluding tert-OH is 1. The summed E-state index contributed by atoms with van der Waals surface area (Å²) in [4.78, 5) is 11.3. The van der Waals surface area contributed by atoms with Crippen molar-refractivity contribution in [3.63, 3.8) is 0 Å². The number of nitrogens with zero attached hydrogens (tertiary/aromatic N) is 4. The summed E-state index contributed by atoms with van der Waals surface area (Å²) in [6, 6.07) is 24.2. The van der Waals surface area contributed by atoms with Crippen molar-refractivity contribution >= 4 is 17.7 Å². The lowest BCUT2D eigenvalue weighted by Crippen LogP contribution is -2.31. The molecule has 0 aliphatic carbocycles. The molecular weight excluding hydrogens is 514 g/mol. The molecule has 3 atom stereocenters. The van der Waals surface area contributed by atoms with E-state index in [0.29, 0.717) is 18.7 Å². The molecule has 202 valence electrons. The summed E-state index contributed by atoms with van der Waals surface area (Å²) in [5.74, 6) is 0.628. The fourth-order valence-electron chi connectivity index (χ4n) is 4.45. The predicted molar refractivity (Wildman–Crippen MR) is 147 cm³/mol. The number of amides is 1. The molecule has 1 aliphatic heterocycles. The zero-order chi connectivity index (χ0) is 27.2. The van der Waals surface area contributed by atoms with Gasteiger partial charge in [-0.1, -0.05) is 78.5 Å². The fourth-order valence-corrected chi connectivity index (χ4v) is 5.32. The molecule has 1 fully saturated rings. The first-order valence-corrected chi connectivity index (χ1v) is 13.8. The number of carbonyl (C=O) groups excluding carboxylic acids is 1. The predicted octanol–water partition coefficient (Wildman–Crippen LogP) is 4.34. The van der Waals surface area contributed by atoms with E-state index in [0.717, 1.165) is 38.5 Å². The van der Waals surface area contributed by atoms with Crippen molar-refractivity contribution in [1.82, 2.24) is 25.5 Å². The van der Waals surface area contributed by atoms with E-state index in [1.54, 1.807) is 16.4 Å². The smallest absolute Gasteiger partial charge is 0.217 e. The molecule has 0 radical (unpaired) electrons. The van der Waals surface area contributed by atoms with Gasteiger partial charge in [-0.15, -0.1) is 5.10 Å². The Labute approximate surface area is 231 Å². The van der Waals surface area contributed by atoms with Crippen molar-refractivity contribution in [2.75, 3.05) is 5.75 Å². The maximum absolute atomic E-state index is 11.3. The Balaban J connectivity index is 1.34. The van der Waals surface area contributed by atoms with Crippen LogP contribution in [0.15, 0.2) is 78.0 Å². The molecule has 0 spiro atoms. The average molecular weight is 546 g/mol. The Morgan fingerprint density at radius 1 is 1.03 bits per heavy atom. The van der Waals surface area contributed by atoms with Crippen LogP contribution in [-0.2, 0) is 34.5 Å². The first-order chi connectivity index (χ1) is 19.0. The van der Waals surface area contributed by atoms with Gasteiger partial charge in [-0.2, -0.15) is 0 Å². The molecule has 3 aromatic carbocycles. The third-order valence-corrected chi connectivity index (χ3v) is 7.72. The SMILES string of the molecule is CC(=O)NCc1cccc(-c2ccc([C@@H]3O[C@H](CSc4nnnn4C)C[C@H](c4ccc(CO)cc4)O3)cc2)c1. The number of hydrogen-bond acceptors (Lipinski definition) is 8. The van der Waals surface area contributed by atoms with Crippen molar-refractivity contribution in [3.05, 3.63) is 95.1 Å². The third-order valence-electron chi connectivity index (χ3n) is 6.58. The molecule has 39 heavy (non-hydrogen) atoms. The van der Waals surface area contributed by atoms with Crippen LogP contribution in [-0.4, -0.2) is 43.1 Å². The summed E-state index contributed by atoms with van der Waals surface area (Å²) in [6.45, 7) is 2.02. The van der Waals surface area contributed by atoms with E-state index in [1.807, 2.05) is 55.6 Å². The van der Waals surface area contributed by atoms with Crippen LogP contribution < -0.4 is 5.32 Å². The van der Waals surface area contributed by atoms with Crippen LogP contribution in [0.4, 0.5) is 0 Å². The minimum Gasteiger partial charge on any atom is -0.392 e. The highest BCUT2D eigenvalue weighted by molar-refractivity contribution is 7.99. The standard InChI is InChI=1S/C29H31N5O4S/c1-19(36)30-16-21-4-3-5-25(14-21)22-10-12-24(13-11-22)28-37-26(18-39-29-31-32-33-34(29)2)15-27(38-28)23-8-6-20(17-35)7-9-23/h3-14,26-28,35H,15-18H2,1-2H3,(H,30,36)/t26-,27+,28+/m0/s1. The van der Waals surface area contributed by atoms with Gasteiger partial charge in [0, 0.05) is 38.3 Å². The summed E-state index contributed by atoms with van der Waals surface area (Å²) in [5.41, 5.74) is 6.02. The molecule has 10 heteroatoms. The van der Waals surface area contributed by atoms with E-state index >= 15 is 0 Å². The van der Waals surface area contributed by atoms with E-state index in [4.69, 9.17) is 9.47 Å². The number of benzene rings is 3. The zero-order valence-corrected chi connectivity index (χ0v) is 22.7. The van der Waals surface area contributed by atoms with Crippen LogP contribution >= 0.6 is 11.8 Å². The Kier molecular flexibility index (Phi) is 8.67. The van der Waals surface area contributed by atoms with Crippen LogP contribution in [0.2, 0.25) is 0 Å². The number of carbonyl (C=O) groups is 1. The minimum absolute atomic E-state index is 0.00500. The summed E-state index contributed by atoms with van der Waals surface area (Å²) in [6.07, 6.45) is -0.0977. The third kappa shape index (κ3) is 6.90. The van der Waals surface area contributed by atoms with Gasteiger partial charge in [-0.3, -0.25) is 4.79 Å². The topological polar surface area (TPSA) is 111 Å². The summed E-state index contributed by atoms with van der Waals surface area (Å²) in [5, 5.41) is 24.7. The van der Waals surface area contributed by atoms with Gasteiger partial charge in [-0.05, 0) is 44.3 Å². The normalized spacial score (nSPS) is 19.1. The molecule has 1 aliphatic rings. The van der Waals surface area contributed by atoms with Gasteiger partial charge in [0.2, 0.25) is 11.1 Å². The Morgan fingerprint density at radius 2 is 1.79 bits per heavy atom. The maximum Gasteiger partial charge on any atom is 0.217 e. The van der Waals surface area contributed by atoms with Gasteiger partial charge in [0.25, 0.3) is 0 Å². The Hall–Kier alpha value is -3.57. The molecule has 1 saturated heterocycles. The molecule has 1 aromatic heterocycles. The van der Waals surface area contributed by atoms with Crippen LogP contribution in [0.5, 0.6) is 0 Å². The molecule has 2 N–H and O–H groups in total. The molecule has 0 unspecified atom stereocenters. The van der Waals surface area contributed by atoms with E-state index in [-0.39, 0.29) is 24.7 Å². The van der Waals surface area contributed by atoms with E-state index in [1.165, 1.54) is 6.92 Å². The lowest BCUT2D eigenvalue weighted by atomic mass is 9.99. The number of aliphatic hydroxyl groups is 1. The van der Waals surface area contributed by atoms with E-state index in [2.05, 4.69) is 45.1 Å². The lowest BCUT2D eigenvalue weighted by Gasteiger charge is -2.36. The first-order valence-electron chi connectivity index (χ1n) is 12.8. The number of hydrogen-bond donors (Lipinski definition) is 2. The number of aryl methyl sites for hydroxylation is 1. The summed E-state index contributed by atoms with van der Waals surface area (Å²) >= 11 is 1.55. The quantitative estimate of drug-likeness (QED) is 0.299. The molecule has 0 bridgehead atoms. The fraction of sp³-hybridized carbons (Fsp3) is 0.310. The van der Waals surface area contributed by atoms with E-state index in [9.17, 15) is 9.90 Å². The summed E-state index contributed by atoms with van der Waals surface area (Å²) < 4.78 is 14.5. The van der Waals surface area contributed by atoms with Gasteiger partial charge >= 0.3 is 0 Å². The Bertz CT molecular complexity index is 1390. The largest absolute Gasteiger partial charge is 0.392 e. The second-order valence-corrected chi connectivity index (χ2v) is 10.5. The van der Waals surface area contributed by atoms with Crippen LogP contribution in [0.25, 0.3) is 11.1 Å². The molecule has 4 aromatic rings. The monoisotopic (exact) mass is 545 g/mol. The van der Waals surface area contributed by atoms with Crippen molar-refractivity contribution in [3.8, 4) is 11.1 Å². The lowest BCUT2D eigenvalue weighted by molar-refractivity contribution is -0.245. The molecule has 9 nitrogen and oxygen atoms in total. The van der Waals surface area contributed by atoms with Crippen LogP contribution in [0.3, 0.4) is 0 Å². The first kappa shape index (κ1) is 27.0. The molecule has 5 rings (SSSR count). The highest BCUT2D eigenvalue weighted by atomic mass is 32.2. The van der Waals surface area contributed by atoms with E-state index < -0.39 is 6.29 Å². The second-order valence-electron chi connectivity index (χ2n) is 9.48. The zero-order valence-electron chi connectivity index (χ0n) is 21.9. The molecular formula is C29H31N5O4S. The Morgan fingerprint density at radius 3 is 2.49 bits per heavy atom. The van der Waals surface area contributed by atoms with Crippen LogP contribution in [0.1, 0.15) is 48.0 Å². The number of nitrogens with one attached hydrogen (secondary N) is 1. The van der Waals surface area contributed by atoms with Gasteiger partial charge in [-0.25, -0.2) is 4.68 Å². The number of rotatable bonds is 9.